The van der Waals surface area contributed by atoms with E-state index in [1.165, 1.54) is 0 Å². The van der Waals surface area contributed by atoms with Crippen LogP contribution in [0.4, 0.5) is 0 Å². The van der Waals surface area contributed by atoms with Crippen molar-refractivity contribution < 1.29 is 17.7 Å². The molecule has 3 rings (SSSR count). The predicted octanol–water partition coefficient (Wildman–Crippen LogP) is 3.02. The van der Waals surface area contributed by atoms with Gasteiger partial charge >= 0.3 is 0 Å². The quantitative estimate of drug-likeness (QED) is 0.733. The van der Waals surface area contributed by atoms with Gasteiger partial charge in [0, 0.05) is 17.1 Å². The number of hydrogen-bond acceptors (Lipinski definition) is 5. The van der Waals surface area contributed by atoms with E-state index in [4.69, 9.17) is 4.52 Å². The number of benzene rings is 1. The summed E-state index contributed by atoms with van der Waals surface area (Å²) in [7, 11) is -3.55. The van der Waals surface area contributed by atoms with E-state index in [0.29, 0.717) is 17.9 Å². The van der Waals surface area contributed by atoms with E-state index in [0.717, 1.165) is 23.0 Å². The number of carbonyl (C=O) groups excluding carboxylic acids is 1. The molecule has 0 spiro atoms. The lowest BCUT2D eigenvalue weighted by atomic mass is 10.1. The average Bonchev–Trinajstić information content (AvgIpc) is 3.14. The number of aryl methyl sites for hydroxylation is 1. The zero-order chi connectivity index (χ0) is 18.0. The van der Waals surface area contributed by atoms with Crippen molar-refractivity contribution in [2.75, 3.05) is 12.3 Å². The maximum absolute atomic E-state index is 12.6. The molecule has 1 atom stereocenters. The standard InChI is InChI=1S/C17H19BrN2O4S/c1-12-8-16(24-19-12)15-6-3-7-20(15)17(21)11-25(22,23)10-13-4-2-5-14(18)9-13/h2,4-5,8-9,15H,3,6-7,10-11H2,1H3. The van der Waals surface area contributed by atoms with Crippen LogP contribution < -0.4 is 0 Å². The number of amides is 1. The predicted molar refractivity (Wildman–Crippen MR) is 96.6 cm³/mol. The largest absolute Gasteiger partial charge is 0.359 e. The molecular weight excluding hydrogens is 408 g/mol. The molecular formula is C17H19BrN2O4S. The highest BCUT2D eigenvalue weighted by molar-refractivity contribution is 9.10. The van der Waals surface area contributed by atoms with Gasteiger partial charge in [-0.15, -0.1) is 0 Å². The monoisotopic (exact) mass is 426 g/mol. The Kier molecular flexibility index (Phi) is 5.29. The lowest BCUT2D eigenvalue weighted by molar-refractivity contribution is -0.129. The van der Waals surface area contributed by atoms with E-state index in [-0.39, 0.29) is 17.7 Å². The van der Waals surface area contributed by atoms with Crippen molar-refractivity contribution >= 4 is 31.7 Å². The van der Waals surface area contributed by atoms with Crippen molar-refractivity contribution in [3.8, 4) is 0 Å². The smallest absolute Gasteiger partial charge is 0.238 e. The van der Waals surface area contributed by atoms with Gasteiger partial charge < -0.3 is 9.42 Å². The molecule has 1 unspecified atom stereocenters. The minimum Gasteiger partial charge on any atom is -0.359 e. The van der Waals surface area contributed by atoms with E-state index in [1.54, 1.807) is 29.2 Å². The molecule has 1 aliphatic heterocycles. The van der Waals surface area contributed by atoms with Gasteiger partial charge in [0.2, 0.25) is 5.91 Å². The first-order valence-electron chi connectivity index (χ1n) is 8.01. The fraction of sp³-hybridized carbons (Fsp3) is 0.412. The molecule has 2 aromatic rings. The molecule has 2 heterocycles. The van der Waals surface area contributed by atoms with Gasteiger partial charge in [-0.25, -0.2) is 8.42 Å². The maximum atomic E-state index is 12.6. The van der Waals surface area contributed by atoms with Crippen LogP contribution in [0.2, 0.25) is 0 Å². The zero-order valence-corrected chi connectivity index (χ0v) is 16.2. The Labute approximate surface area is 155 Å². The third kappa shape index (κ3) is 4.49. The maximum Gasteiger partial charge on any atom is 0.238 e. The molecule has 0 bridgehead atoms. The number of aromatic nitrogens is 1. The Hall–Kier alpha value is -1.67. The first kappa shape index (κ1) is 18.1. The van der Waals surface area contributed by atoms with Gasteiger partial charge in [0.05, 0.1) is 17.5 Å². The third-order valence-corrected chi connectivity index (χ3v) is 6.12. The Balaban J connectivity index is 1.70. The molecule has 1 fully saturated rings. The van der Waals surface area contributed by atoms with Crippen molar-refractivity contribution in [2.45, 2.75) is 31.6 Å². The van der Waals surface area contributed by atoms with Crippen LogP contribution in [0.25, 0.3) is 0 Å². The van der Waals surface area contributed by atoms with Gasteiger partial charge in [-0.1, -0.05) is 33.2 Å². The van der Waals surface area contributed by atoms with Gasteiger partial charge in [-0.3, -0.25) is 4.79 Å². The van der Waals surface area contributed by atoms with Gasteiger partial charge in [0.15, 0.2) is 15.6 Å². The fourth-order valence-electron chi connectivity index (χ4n) is 3.10. The second-order valence-electron chi connectivity index (χ2n) is 6.28. The molecule has 134 valence electrons. The minimum atomic E-state index is -3.55. The van der Waals surface area contributed by atoms with Gasteiger partial charge in [-0.05, 0) is 37.5 Å². The Bertz CT molecular complexity index is 878. The Morgan fingerprint density at radius 1 is 1.40 bits per heavy atom. The van der Waals surface area contributed by atoms with E-state index in [9.17, 15) is 13.2 Å². The van der Waals surface area contributed by atoms with Crippen LogP contribution >= 0.6 is 15.9 Å². The Morgan fingerprint density at radius 2 is 2.20 bits per heavy atom. The van der Waals surface area contributed by atoms with Crippen LogP contribution in [0, 0.1) is 6.92 Å². The molecule has 0 N–H and O–H groups in total. The molecule has 1 aromatic heterocycles. The number of nitrogens with zero attached hydrogens (tertiary/aromatic N) is 2. The summed E-state index contributed by atoms with van der Waals surface area (Å²) in [4.78, 5) is 14.2. The van der Waals surface area contributed by atoms with Crippen LogP contribution in [0.3, 0.4) is 0 Å². The highest BCUT2D eigenvalue weighted by Crippen LogP contribution is 2.32. The molecule has 8 heteroatoms. The highest BCUT2D eigenvalue weighted by Gasteiger charge is 2.34. The molecule has 25 heavy (non-hydrogen) atoms. The number of carbonyl (C=O) groups is 1. The second-order valence-corrected chi connectivity index (χ2v) is 9.26. The number of rotatable bonds is 5. The van der Waals surface area contributed by atoms with Crippen LogP contribution in [0.15, 0.2) is 39.3 Å². The van der Waals surface area contributed by atoms with Gasteiger partial charge in [-0.2, -0.15) is 0 Å². The molecule has 1 aromatic carbocycles. The summed E-state index contributed by atoms with van der Waals surface area (Å²) in [5.74, 6) is -0.416. The van der Waals surface area contributed by atoms with Crippen LogP contribution in [-0.4, -0.2) is 36.7 Å². The van der Waals surface area contributed by atoms with E-state index in [1.807, 2.05) is 13.0 Å². The SMILES string of the molecule is Cc1cc(C2CCCN2C(=O)CS(=O)(=O)Cc2cccc(Br)c2)on1. The summed E-state index contributed by atoms with van der Waals surface area (Å²) >= 11 is 3.32. The normalized spacial score (nSPS) is 17.8. The summed E-state index contributed by atoms with van der Waals surface area (Å²) in [6.07, 6.45) is 1.58. The number of halogens is 1. The molecule has 0 radical (unpaired) electrons. The first-order chi connectivity index (χ1) is 11.8. The fourth-order valence-corrected chi connectivity index (χ4v) is 4.88. The second kappa shape index (κ2) is 7.29. The lowest BCUT2D eigenvalue weighted by Crippen LogP contribution is -2.35. The van der Waals surface area contributed by atoms with E-state index >= 15 is 0 Å². The summed E-state index contributed by atoms with van der Waals surface area (Å²) in [5, 5.41) is 3.86. The van der Waals surface area contributed by atoms with Crippen molar-refractivity contribution in [1.82, 2.24) is 10.1 Å². The zero-order valence-electron chi connectivity index (χ0n) is 13.8. The summed E-state index contributed by atoms with van der Waals surface area (Å²) in [6, 6.07) is 8.66. The van der Waals surface area contributed by atoms with Crippen molar-refractivity contribution in [3.05, 3.63) is 51.8 Å². The van der Waals surface area contributed by atoms with Crippen LogP contribution in [-0.2, 0) is 20.4 Å². The van der Waals surface area contributed by atoms with Gasteiger partial charge in [0.25, 0.3) is 0 Å². The molecule has 0 saturated carbocycles. The van der Waals surface area contributed by atoms with Gasteiger partial charge in [0.1, 0.15) is 5.75 Å². The van der Waals surface area contributed by atoms with Crippen molar-refractivity contribution in [3.63, 3.8) is 0 Å². The summed E-state index contributed by atoms with van der Waals surface area (Å²) < 4.78 is 30.9. The molecule has 1 amide bonds. The molecule has 6 nitrogen and oxygen atoms in total. The topological polar surface area (TPSA) is 80.5 Å². The van der Waals surface area contributed by atoms with Crippen molar-refractivity contribution in [2.24, 2.45) is 0 Å². The first-order valence-corrected chi connectivity index (χ1v) is 10.6. The lowest BCUT2D eigenvalue weighted by Gasteiger charge is -2.22. The number of sulfone groups is 1. The van der Waals surface area contributed by atoms with Crippen LogP contribution in [0.1, 0.15) is 35.9 Å². The number of hydrogen-bond donors (Lipinski definition) is 0. The molecule has 1 aliphatic rings. The van der Waals surface area contributed by atoms with E-state index < -0.39 is 15.6 Å². The summed E-state index contributed by atoms with van der Waals surface area (Å²) in [6.45, 7) is 2.35. The minimum absolute atomic E-state index is 0.155. The average molecular weight is 427 g/mol. The van der Waals surface area contributed by atoms with Crippen molar-refractivity contribution in [1.29, 1.82) is 0 Å². The Morgan fingerprint density at radius 3 is 2.88 bits per heavy atom. The summed E-state index contributed by atoms with van der Waals surface area (Å²) in [5.41, 5.74) is 1.41. The number of likely N-dealkylation sites (tertiary alicyclic amines) is 1. The van der Waals surface area contributed by atoms with Crippen LogP contribution in [0.5, 0.6) is 0 Å². The molecule has 0 aliphatic carbocycles. The third-order valence-electron chi connectivity index (χ3n) is 4.17. The van der Waals surface area contributed by atoms with E-state index in [2.05, 4.69) is 21.1 Å². The highest BCUT2D eigenvalue weighted by atomic mass is 79.9. The molecule has 1 saturated heterocycles.